The summed E-state index contributed by atoms with van der Waals surface area (Å²) in [4.78, 5) is 27.1. The molecule has 3 aromatic rings. The number of nitrogens with one attached hydrogen (secondary N) is 2. The number of thiocarbonyl (C=S) groups is 1. The van der Waals surface area contributed by atoms with Crippen molar-refractivity contribution in [2.24, 2.45) is 5.73 Å². The molecule has 4 N–H and O–H groups in total. The lowest BCUT2D eigenvalue weighted by molar-refractivity contribution is -0.119. The number of ether oxygens (including phenoxy) is 1. The van der Waals surface area contributed by atoms with Crippen molar-refractivity contribution in [2.45, 2.75) is 6.42 Å². The Balaban J connectivity index is 1.53. The molecule has 0 atom stereocenters. The number of nitrogens with zero attached hydrogens (tertiary/aromatic N) is 1. The molecule has 29 heavy (non-hydrogen) atoms. The average Bonchev–Trinajstić information content (AvgIpc) is 2.70. The van der Waals surface area contributed by atoms with E-state index in [9.17, 15) is 9.59 Å². The summed E-state index contributed by atoms with van der Waals surface area (Å²) in [7, 11) is 0. The van der Waals surface area contributed by atoms with Crippen LogP contribution >= 0.6 is 12.2 Å². The maximum absolute atomic E-state index is 12.0. The highest BCUT2D eigenvalue weighted by Crippen LogP contribution is 2.23. The summed E-state index contributed by atoms with van der Waals surface area (Å²) in [6.07, 6.45) is 1.69. The van der Waals surface area contributed by atoms with Gasteiger partial charge in [-0.25, -0.2) is 0 Å². The zero-order chi connectivity index (χ0) is 20.6. The highest BCUT2D eigenvalue weighted by atomic mass is 32.1. The van der Waals surface area contributed by atoms with Crippen LogP contribution in [0.2, 0.25) is 0 Å². The van der Waals surface area contributed by atoms with Crippen molar-refractivity contribution in [3.8, 4) is 11.5 Å². The number of pyridine rings is 1. The fourth-order valence-electron chi connectivity index (χ4n) is 2.47. The molecule has 0 saturated carbocycles. The van der Waals surface area contributed by atoms with Crippen LogP contribution in [-0.2, 0) is 11.2 Å². The van der Waals surface area contributed by atoms with Gasteiger partial charge in [0.1, 0.15) is 17.2 Å². The number of benzene rings is 2. The smallest absolute Gasteiger partial charge is 0.267 e. The number of amides is 2. The molecule has 146 valence electrons. The summed E-state index contributed by atoms with van der Waals surface area (Å²) in [5.74, 6) is 0.170. The Kier molecular flexibility index (Phi) is 6.49. The Hall–Kier alpha value is -3.78. The number of hydrogen-bond acceptors (Lipinski definition) is 5. The summed E-state index contributed by atoms with van der Waals surface area (Å²) in [6.45, 7) is 0. The minimum absolute atomic E-state index is 0.123. The Bertz CT molecular complexity index is 1020. The van der Waals surface area contributed by atoms with Gasteiger partial charge in [-0.05, 0) is 48.1 Å². The molecule has 0 aliphatic heterocycles. The molecule has 7 nitrogen and oxygen atoms in total. The zero-order valence-electron chi connectivity index (χ0n) is 15.3. The lowest BCUT2D eigenvalue weighted by Gasteiger charge is -2.11. The molecule has 8 heteroatoms. The summed E-state index contributed by atoms with van der Waals surface area (Å²) < 4.78 is 5.68. The number of carbonyl (C=O) groups excluding carboxylic acids is 2. The van der Waals surface area contributed by atoms with E-state index in [2.05, 4.69) is 15.6 Å². The maximum atomic E-state index is 12.0. The second-order valence-electron chi connectivity index (χ2n) is 6.03. The minimum Gasteiger partial charge on any atom is -0.457 e. The molecule has 0 radical (unpaired) electrons. The van der Waals surface area contributed by atoms with Crippen LogP contribution in [0.4, 0.5) is 5.69 Å². The molecule has 0 unspecified atom stereocenters. The van der Waals surface area contributed by atoms with Crippen LogP contribution in [0.15, 0.2) is 72.9 Å². The molecule has 1 aromatic heterocycles. The van der Waals surface area contributed by atoms with Gasteiger partial charge in [0.05, 0.1) is 6.42 Å². The van der Waals surface area contributed by atoms with Gasteiger partial charge in [-0.3, -0.25) is 14.6 Å². The van der Waals surface area contributed by atoms with Crippen LogP contribution in [-0.4, -0.2) is 21.9 Å². The van der Waals surface area contributed by atoms with Crippen LogP contribution < -0.4 is 21.1 Å². The summed E-state index contributed by atoms with van der Waals surface area (Å²) in [5, 5.41) is 5.80. The molecule has 0 aliphatic rings. The second kappa shape index (κ2) is 9.43. The Morgan fingerprint density at radius 2 is 1.72 bits per heavy atom. The van der Waals surface area contributed by atoms with Crippen molar-refractivity contribution >= 4 is 34.8 Å². The quantitative estimate of drug-likeness (QED) is 0.543. The molecule has 2 amide bonds. The number of aromatic nitrogens is 1. The van der Waals surface area contributed by atoms with Crippen LogP contribution in [0, 0.1) is 0 Å². The lowest BCUT2D eigenvalue weighted by Crippen LogP contribution is -2.35. The van der Waals surface area contributed by atoms with Gasteiger partial charge in [-0.1, -0.05) is 30.3 Å². The summed E-state index contributed by atoms with van der Waals surface area (Å²) in [6, 6.07) is 19.4. The molecular formula is C21H18N4O3S. The molecular weight excluding hydrogens is 388 g/mol. The van der Waals surface area contributed by atoms with Gasteiger partial charge in [-0.2, -0.15) is 0 Å². The monoisotopic (exact) mass is 406 g/mol. The van der Waals surface area contributed by atoms with E-state index in [1.54, 1.807) is 30.3 Å². The normalized spacial score (nSPS) is 10.1. The van der Waals surface area contributed by atoms with E-state index >= 15 is 0 Å². The first-order valence-corrected chi connectivity index (χ1v) is 9.09. The average molecular weight is 406 g/mol. The van der Waals surface area contributed by atoms with E-state index in [0.29, 0.717) is 17.2 Å². The lowest BCUT2D eigenvalue weighted by atomic mass is 10.1. The van der Waals surface area contributed by atoms with Gasteiger partial charge >= 0.3 is 0 Å². The topological polar surface area (TPSA) is 106 Å². The maximum Gasteiger partial charge on any atom is 0.267 e. The molecule has 0 aliphatic carbocycles. The number of anilines is 1. The number of primary amides is 1. The number of nitrogens with two attached hydrogens (primary N) is 1. The first-order chi connectivity index (χ1) is 14.0. The standard InChI is InChI=1S/C21H18N4O3S/c22-20(27)18-13-17(10-11-23-18)28-16-8-6-15(7-9-16)24-21(29)25-19(26)12-14-4-2-1-3-5-14/h1-11,13H,12H2,(H2,22,27)(H2,24,25,26,29). The van der Waals surface area contributed by atoms with Crippen molar-refractivity contribution in [3.63, 3.8) is 0 Å². The predicted octanol–water partition coefficient (Wildman–Crippen LogP) is 3.03. The van der Waals surface area contributed by atoms with E-state index in [4.69, 9.17) is 22.7 Å². The fourth-order valence-corrected chi connectivity index (χ4v) is 2.70. The Morgan fingerprint density at radius 1 is 1.00 bits per heavy atom. The van der Waals surface area contributed by atoms with Crippen molar-refractivity contribution < 1.29 is 14.3 Å². The third kappa shape index (κ3) is 6.12. The molecule has 0 fully saturated rings. The summed E-state index contributed by atoms with van der Waals surface area (Å²) in [5.41, 5.74) is 6.93. The molecule has 0 bridgehead atoms. The van der Waals surface area contributed by atoms with E-state index < -0.39 is 5.91 Å². The van der Waals surface area contributed by atoms with E-state index in [1.165, 1.54) is 12.3 Å². The third-order valence-corrected chi connectivity index (χ3v) is 4.00. The van der Waals surface area contributed by atoms with Gasteiger partial charge in [0.15, 0.2) is 5.11 Å². The van der Waals surface area contributed by atoms with E-state index in [1.807, 2.05) is 30.3 Å². The van der Waals surface area contributed by atoms with Gasteiger partial charge in [-0.15, -0.1) is 0 Å². The van der Waals surface area contributed by atoms with Gasteiger partial charge in [0.25, 0.3) is 5.91 Å². The number of rotatable bonds is 6. The molecule has 2 aromatic carbocycles. The van der Waals surface area contributed by atoms with Crippen LogP contribution in [0.25, 0.3) is 0 Å². The predicted molar refractivity (Wildman–Crippen MR) is 114 cm³/mol. The largest absolute Gasteiger partial charge is 0.457 e. The van der Waals surface area contributed by atoms with Crippen molar-refractivity contribution in [3.05, 3.63) is 84.2 Å². The SMILES string of the molecule is NC(=O)c1cc(Oc2ccc(NC(=S)NC(=O)Cc3ccccc3)cc2)ccn1. The minimum atomic E-state index is -0.627. The number of carbonyl (C=O) groups is 2. The molecule has 3 rings (SSSR count). The highest BCUT2D eigenvalue weighted by molar-refractivity contribution is 7.80. The van der Waals surface area contributed by atoms with Crippen molar-refractivity contribution in [2.75, 3.05) is 5.32 Å². The van der Waals surface area contributed by atoms with Crippen LogP contribution in [0.5, 0.6) is 11.5 Å². The van der Waals surface area contributed by atoms with Gasteiger partial charge in [0.2, 0.25) is 5.91 Å². The van der Waals surface area contributed by atoms with E-state index in [0.717, 1.165) is 5.56 Å². The van der Waals surface area contributed by atoms with Gasteiger partial charge in [0, 0.05) is 18.0 Å². The zero-order valence-corrected chi connectivity index (χ0v) is 16.1. The Morgan fingerprint density at radius 3 is 2.41 bits per heavy atom. The Labute approximate surface area is 172 Å². The summed E-state index contributed by atoms with van der Waals surface area (Å²) >= 11 is 5.18. The van der Waals surface area contributed by atoms with Crippen LogP contribution in [0.1, 0.15) is 16.1 Å². The molecule has 0 spiro atoms. The van der Waals surface area contributed by atoms with Crippen molar-refractivity contribution in [1.82, 2.24) is 10.3 Å². The molecule has 1 heterocycles. The van der Waals surface area contributed by atoms with Crippen LogP contribution in [0.3, 0.4) is 0 Å². The van der Waals surface area contributed by atoms with Gasteiger partial charge < -0.3 is 21.1 Å². The second-order valence-corrected chi connectivity index (χ2v) is 6.44. The van der Waals surface area contributed by atoms with E-state index in [-0.39, 0.29) is 23.1 Å². The first kappa shape index (κ1) is 20.0. The first-order valence-electron chi connectivity index (χ1n) is 8.68. The third-order valence-electron chi connectivity index (χ3n) is 3.79. The highest BCUT2D eigenvalue weighted by Gasteiger charge is 2.07. The van der Waals surface area contributed by atoms with Crippen molar-refractivity contribution in [1.29, 1.82) is 0 Å². The fraction of sp³-hybridized carbons (Fsp3) is 0.0476. The molecule has 0 saturated heterocycles. The number of hydrogen-bond donors (Lipinski definition) is 3.